The minimum absolute atomic E-state index is 0.394. The molecule has 0 heterocycles. The molecule has 0 saturated heterocycles. The Kier molecular flexibility index (Phi) is 6.02. The standard InChI is InChI=1S/C14H20N2O3/c1-2-6-12(14(18)19)16-13(17)11(15)9-10-7-4-3-5-8-10/h3-5,7-8,11-12H,2,6,9,15H2,1H3,(H,16,17)(H,18,19)/t11-,12?/m1/s1. The molecule has 19 heavy (non-hydrogen) atoms. The Bertz CT molecular complexity index is 420. The molecule has 0 spiro atoms. The molecule has 0 saturated carbocycles. The fraction of sp³-hybridized carbons (Fsp3) is 0.429. The summed E-state index contributed by atoms with van der Waals surface area (Å²) in [5.74, 6) is -1.45. The lowest BCUT2D eigenvalue weighted by Crippen LogP contribution is -2.49. The molecule has 5 nitrogen and oxygen atoms in total. The Labute approximate surface area is 112 Å². The van der Waals surface area contributed by atoms with Crippen molar-refractivity contribution in [3.63, 3.8) is 0 Å². The highest BCUT2D eigenvalue weighted by molar-refractivity contribution is 5.86. The molecule has 4 N–H and O–H groups in total. The average Bonchev–Trinajstić information content (AvgIpc) is 2.39. The largest absolute Gasteiger partial charge is 0.480 e. The number of carboxylic acid groups (broad SMARTS) is 1. The third kappa shape index (κ3) is 5.09. The summed E-state index contributed by atoms with van der Waals surface area (Å²) < 4.78 is 0. The number of nitrogens with one attached hydrogen (secondary N) is 1. The van der Waals surface area contributed by atoms with Gasteiger partial charge in [-0.2, -0.15) is 0 Å². The smallest absolute Gasteiger partial charge is 0.326 e. The molecule has 2 atom stereocenters. The van der Waals surface area contributed by atoms with Gasteiger partial charge in [-0.05, 0) is 18.4 Å². The van der Waals surface area contributed by atoms with Crippen LogP contribution in [0.1, 0.15) is 25.3 Å². The second-order valence-corrected chi connectivity index (χ2v) is 4.48. The predicted octanol–water partition coefficient (Wildman–Crippen LogP) is 0.926. The monoisotopic (exact) mass is 264 g/mol. The first-order chi connectivity index (χ1) is 9.04. The summed E-state index contributed by atoms with van der Waals surface area (Å²) in [5.41, 5.74) is 6.74. The third-order valence-corrected chi connectivity index (χ3v) is 2.83. The number of amides is 1. The van der Waals surface area contributed by atoms with Gasteiger partial charge in [-0.3, -0.25) is 4.79 Å². The molecular formula is C14H20N2O3. The normalized spacial score (nSPS) is 13.6. The van der Waals surface area contributed by atoms with Gasteiger partial charge in [0.05, 0.1) is 6.04 Å². The first-order valence-corrected chi connectivity index (χ1v) is 6.37. The lowest BCUT2D eigenvalue weighted by molar-refractivity contribution is -0.142. The van der Waals surface area contributed by atoms with Gasteiger partial charge in [0.15, 0.2) is 0 Å². The number of carboxylic acids is 1. The Balaban J connectivity index is 2.54. The summed E-state index contributed by atoms with van der Waals surface area (Å²) in [7, 11) is 0. The van der Waals surface area contributed by atoms with E-state index in [1.165, 1.54) is 0 Å². The first kappa shape index (κ1) is 15.2. The van der Waals surface area contributed by atoms with Crippen molar-refractivity contribution in [3.8, 4) is 0 Å². The fourth-order valence-electron chi connectivity index (χ4n) is 1.79. The molecule has 0 aliphatic heterocycles. The van der Waals surface area contributed by atoms with E-state index < -0.39 is 24.0 Å². The number of carbonyl (C=O) groups excluding carboxylic acids is 1. The molecule has 1 unspecified atom stereocenters. The van der Waals surface area contributed by atoms with E-state index in [0.717, 1.165) is 5.56 Å². The molecule has 0 aliphatic carbocycles. The van der Waals surface area contributed by atoms with E-state index in [9.17, 15) is 9.59 Å². The number of carbonyl (C=O) groups is 2. The zero-order chi connectivity index (χ0) is 14.3. The van der Waals surface area contributed by atoms with Crippen molar-refractivity contribution >= 4 is 11.9 Å². The Morgan fingerprint density at radius 1 is 1.32 bits per heavy atom. The van der Waals surface area contributed by atoms with E-state index in [1.54, 1.807) is 0 Å². The van der Waals surface area contributed by atoms with Crippen molar-refractivity contribution in [2.24, 2.45) is 5.73 Å². The zero-order valence-corrected chi connectivity index (χ0v) is 11.0. The van der Waals surface area contributed by atoms with E-state index in [1.807, 2.05) is 37.3 Å². The topological polar surface area (TPSA) is 92.4 Å². The van der Waals surface area contributed by atoms with E-state index in [0.29, 0.717) is 19.3 Å². The predicted molar refractivity (Wildman–Crippen MR) is 72.6 cm³/mol. The number of hydrogen-bond donors (Lipinski definition) is 3. The van der Waals surface area contributed by atoms with Crippen molar-refractivity contribution in [1.82, 2.24) is 5.32 Å². The molecule has 1 rings (SSSR count). The van der Waals surface area contributed by atoms with Crippen LogP contribution in [0.4, 0.5) is 0 Å². The van der Waals surface area contributed by atoms with Crippen LogP contribution in [-0.4, -0.2) is 29.1 Å². The molecule has 0 aliphatic rings. The molecule has 1 aromatic carbocycles. The van der Waals surface area contributed by atoms with Gasteiger partial charge in [0.25, 0.3) is 0 Å². The van der Waals surface area contributed by atoms with Crippen molar-refractivity contribution in [3.05, 3.63) is 35.9 Å². The van der Waals surface area contributed by atoms with Gasteiger partial charge in [0.1, 0.15) is 6.04 Å². The summed E-state index contributed by atoms with van der Waals surface area (Å²) in [6, 6.07) is 7.80. The van der Waals surface area contributed by atoms with Gasteiger partial charge < -0.3 is 16.2 Å². The van der Waals surface area contributed by atoms with E-state index in [-0.39, 0.29) is 0 Å². The number of rotatable bonds is 7. The van der Waals surface area contributed by atoms with Gasteiger partial charge in [0.2, 0.25) is 5.91 Å². The number of aliphatic carboxylic acids is 1. The highest BCUT2D eigenvalue weighted by atomic mass is 16.4. The highest BCUT2D eigenvalue weighted by Crippen LogP contribution is 2.03. The summed E-state index contributed by atoms with van der Waals surface area (Å²) >= 11 is 0. The van der Waals surface area contributed by atoms with E-state index in [2.05, 4.69) is 5.32 Å². The lowest BCUT2D eigenvalue weighted by atomic mass is 10.1. The van der Waals surface area contributed by atoms with E-state index in [4.69, 9.17) is 10.8 Å². The van der Waals surface area contributed by atoms with Crippen molar-refractivity contribution in [2.75, 3.05) is 0 Å². The average molecular weight is 264 g/mol. The fourth-order valence-corrected chi connectivity index (χ4v) is 1.79. The summed E-state index contributed by atoms with van der Waals surface area (Å²) in [6.07, 6.45) is 1.48. The zero-order valence-electron chi connectivity index (χ0n) is 11.0. The number of hydrogen-bond acceptors (Lipinski definition) is 3. The van der Waals surface area contributed by atoms with Crippen molar-refractivity contribution < 1.29 is 14.7 Å². The van der Waals surface area contributed by atoms with Crippen LogP contribution in [0.5, 0.6) is 0 Å². The van der Waals surface area contributed by atoms with Crippen molar-refractivity contribution in [2.45, 2.75) is 38.3 Å². The van der Waals surface area contributed by atoms with Crippen LogP contribution in [0.15, 0.2) is 30.3 Å². The molecule has 0 radical (unpaired) electrons. The quantitative estimate of drug-likeness (QED) is 0.683. The van der Waals surface area contributed by atoms with Gasteiger partial charge in [0, 0.05) is 0 Å². The van der Waals surface area contributed by atoms with Crippen LogP contribution in [0, 0.1) is 0 Å². The Hall–Kier alpha value is -1.88. The second-order valence-electron chi connectivity index (χ2n) is 4.48. The molecule has 5 heteroatoms. The number of nitrogens with two attached hydrogens (primary N) is 1. The molecule has 104 valence electrons. The summed E-state index contributed by atoms with van der Waals surface area (Å²) in [6.45, 7) is 1.87. The lowest BCUT2D eigenvalue weighted by Gasteiger charge is -2.17. The van der Waals surface area contributed by atoms with Crippen LogP contribution in [0.3, 0.4) is 0 Å². The number of benzene rings is 1. The van der Waals surface area contributed by atoms with Crippen LogP contribution in [-0.2, 0) is 16.0 Å². The maximum absolute atomic E-state index is 11.8. The van der Waals surface area contributed by atoms with Crippen LogP contribution in [0.2, 0.25) is 0 Å². The minimum Gasteiger partial charge on any atom is -0.480 e. The maximum atomic E-state index is 11.8. The summed E-state index contributed by atoms with van der Waals surface area (Å²) in [4.78, 5) is 22.8. The highest BCUT2D eigenvalue weighted by Gasteiger charge is 2.22. The van der Waals surface area contributed by atoms with E-state index >= 15 is 0 Å². The summed E-state index contributed by atoms with van der Waals surface area (Å²) in [5, 5.41) is 11.4. The Morgan fingerprint density at radius 2 is 1.95 bits per heavy atom. The minimum atomic E-state index is -1.03. The maximum Gasteiger partial charge on any atom is 0.326 e. The van der Waals surface area contributed by atoms with Gasteiger partial charge in [-0.1, -0.05) is 43.7 Å². The first-order valence-electron chi connectivity index (χ1n) is 6.37. The third-order valence-electron chi connectivity index (χ3n) is 2.83. The molecule has 1 aromatic rings. The van der Waals surface area contributed by atoms with Gasteiger partial charge >= 0.3 is 5.97 Å². The van der Waals surface area contributed by atoms with Crippen LogP contribution < -0.4 is 11.1 Å². The molecule has 0 aromatic heterocycles. The molecule has 1 amide bonds. The van der Waals surface area contributed by atoms with Gasteiger partial charge in [-0.25, -0.2) is 4.79 Å². The Morgan fingerprint density at radius 3 is 2.47 bits per heavy atom. The van der Waals surface area contributed by atoms with Crippen molar-refractivity contribution in [1.29, 1.82) is 0 Å². The van der Waals surface area contributed by atoms with Gasteiger partial charge in [-0.15, -0.1) is 0 Å². The second kappa shape index (κ2) is 7.53. The van der Waals surface area contributed by atoms with Crippen LogP contribution in [0.25, 0.3) is 0 Å². The molecular weight excluding hydrogens is 244 g/mol. The SMILES string of the molecule is CCCC(NC(=O)[C@H](N)Cc1ccccc1)C(=O)O. The van der Waals surface area contributed by atoms with Crippen LogP contribution >= 0.6 is 0 Å². The molecule has 0 fully saturated rings. The molecule has 0 bridgehead atoms.